The number of halogens is 2. The van der Waals surface area contributed by atoms with Crippen LogP contribution in [0, 0.1) is 6.92 Å². The Kier molecular flexibility index (Phi) is 11.4. The lowest BCUT2D eigenvalue weighted by atomic mass is 9.98. The minimum absolute atomic E-state index is 0. The van der Waals surface area contributed by atoms with Crippen molar-refractivity contribution in [3.63, 3.8) is 0 Å². The van der Waals surface area contributed by atoms with E-state index in [1.807, 2.05) is 48.2 Å². The number of rotatable bonds is 7. The molecule has 0 aromatic carbocycles. The van der Waals surface area contributed by atoms with E-state index in [1.54, 1.807) is 36.9 Å². The van der Waals surface area contributed by atoms with Crippen LogP contribution in [0.4, 0.5) is 10.9 Å². The van der Waals surface area contributed by atoms with Crippen LogP contribution in [0.2, 0.25) is 0 Å². The van der Waals surface area contributed by atoms with Gasteiger partial charge in [0.1, 0.15) is 10.8 Å². The van der Waals surface area contributed by atoms with Crippen LogP contribution < -0.4 is 10.1 Å². The molecule has 5 rings (SSSR count). The summed E-state index contributed by atoms with van der Waals surface area (Å²) >= 11 is 3.07. The number of ether oxygens (including phenoxy) is 1. The summed E-state index contributed by atoms with van der Waals surface area (Å²) in [4.78, 5) is 32.9. The lowest BCUT2D eigenvalue weighted by Crippen LogP contribution is -2.29. The number of likely N-dealkylation sites (tertiary alicyclic amines) is 1. The number of nitrogens with one attached hydrogen (secondary N) is 1. The third-order valence-electron chi connectivity index (χ3n) is 6.21. The van der Waals surface area contributed by atoms with Crippen LogP contribution in [-0.4, -0.2) is 43.8 Å². The molecule has 39 heavy (non-hydrogen) atoms. The minimum atomic E-state index is 0. The predicted octanol–water partition coefficient (Wildman–Crippen LogP) is 7.28. The zero-order chi connectivity index (χ0) is 25.6. The average Bonchev–Trinajstić information content (AvgIpc) is 3.21. The quantitative estimate of drug-likeness (QED) is 0.235. The van der Waals surface area contributed by atoms with Crippen molar-refractivity contribution in [3.05, 3.63) is 71.8 Å². The number of pyridine rings is 3. The zero-order valence-electron chi connectivity index (χ0n) is 21.6. The highest BCUT2D eigenvalue weighted by Crippen LogP contribution is 2.37. The summed E-state index contributed by atoms with van der Waals surface area (Å²) in [6.07, 6.45) is 8.26. The second-order valence-electron chi connectivity index (χ2n) is 8.81. The fourth-order valence-corrected chi connectivity index (χ4v) is 5.78. The molecule has 1 aliphatic heterocycles. The smallest absolute Gasteiger partial charge is 0.219 e. The van der Waals surface area contributed by atoms with Crippen LogP contribution in [0.1, 0.15) is 43.5 Å². The number of thiazole rings is 1. The Hall–Kier alpha value is -2.92. The van der Waals surface area contributed by atoms with E-state index in [4.69, 9.17) is 9.72 Å². The van der Waals surface area contributed by atoms with Crippen molar-refractivity contribution < 1.29 is 9.53 Å². The van der Waals surface area contributed by atoms with Crippen molar-refractivity contribution in [2.24, 2.45) is 0 Å². The van der Waals surface area contributed by atoms with Crippen molar-refractivity contribution in [1.29, 1.82) is 0 Å². The number of hydrogen-bond donors (Lipinski definition) is 1. The van der Waals surface area contributed by atoms with E-state index in [0.717, 1.165) is 58.8 Å². The van der Waals surface area contributed by atoms with Crippen LogP contribution in [0.15, 0.2) is 70.3 Å². The number of nitrogens with zero attached hydrogens (tertiary/aromatic N) is 5. The molecule has 12 heteroatoms. The maximum absolute atomic E-state index is 11.8. The first-order valence-corrected chi connectivity index (χ1v) is 13.9. The molecular weight excluding hydrogens is 575 g/mol. The maximum atomic E-state index is 11.8. The normalized spacial score (nSPS) is 14.9. The predicted molar refractivity (Wildman–Crippen MR) is 160 cm³/mol. The number of carbonyl (C=O) groups is 1. The van der Waals surface area contributed by atoms with Crippen molar-refractivity contribution in [2.75, 3.05) is 18.4 Å². The summed E-state index contributed by atoms with van der Waals surface area (Å²) in [5.41, 5.74) is 1.85. The topological polar surface area (TPSA) is 93.1 Å². The van der Waals surface area contributed by atoms with Crippen LogP contribution in [-0.2, 0) is 4.79 Å². The minimum Gasteiger partial charge on any atom is -0.452 e. The van der Waals surface area contributed by atoms with Gasteiger partial charge >= 0.3 is 0 Å². The maximum Gasteiger partial charge on any atom is 0.219 e. The van der Waals surface area contributed by atoms with Crippen LogP contribution in [0.25, 0.3) is 0 Å². The Balaban J connectivity index is 0.00000210. The number of aromatic nitrogens is 4. The molecule has 206 valence electrons. The first kappa shape index (κ1) is 30.6. The second kappa shape index (κ2) is 14.5. The van der Waals surface area contributed by atoms with Crippen molar-refractivity contribution in [3.8, 4) is 11.5 Å². The van der Waals surface area contributed by atoms with E-state index >= 15 is 0 Å². The molecule has 4 aromatic heterocycles. The Morgan fingerprint density at radius 1 is 1.08 bits per heavy atom. The lowest BCUT2D eigenvalue weighted by molar-refractivity contribution is -0.128. The monoisotopic (exact) mass is 604 g/mol. The number of anilines is 2. The van der Waals surface area contributed by atoms with E-state index in [1.165, 1.54) is 11.8 Å². The van der Waals surface area contributed by atoms with E-state index < -0.39 is 0 Å². The Morgan fingerprint density at radius 3 is 2.69 bits per heavy atom. The number of carbonyl (C=O) groups excluding carboxylic acids is 1. The Bertz CT molecular complexity index is 1380. The molecule has 1 saturated heterocycles. The van der Waals surface area contributed by atoms with E-state index in [2.05, 4.69) is 25.6 Å². The molecule has 4 aromatic rings. The Labute approximate surface area is 248 Å². The summed E-state index contributed by atoms with van der Waals surface area (Å²) in [6.45, 7) is 5.16. The highest BCUT2D eigenvalue weighted by molar-refractivity contribution is 7.99. The SMILES string of the molecule is CC(=O)N1CCCC(c2csc(Nc3ncc(Sc4ccccn4)cc3Oc3cccnc3C)n2)CC1.Cl.Cl. The third kappa shape index (κ3) is 8.04. The van der Waals surface area contributed by atoms with Gasteiger partial charge in [-0.1, -0.05) is 17.8 Å². The van der Waals surface area contributed by atoms with Crippen molar-refractivity contribution in [1.82, 2.24) is 24.8 Å². The van der Waals surface area contributed by atoms with Crippen LogP contribution in [0.3, 0.4) is 0 Å². The van der Waals surface area contributed by atoms with Crippen molar-refractivity contribution in [2.45, 2.75) is 48.9 Å². The number of aryl methyl sites for hydroxylation is 1. The highest BCUT2D eigenvalue weighted by Gasteiger charge is 2.22. The molecule has 1 aliphatic rings. The number of hydrogen-bond acceptors (Lipinski definition) is 9. The molecule has 1 unspecified atom stereocenters. The van der Waals surface area contributed by atoms with Gasteiger partial charge in [0.2, 0.25) is 5.91 Å². The van der Waals surface area contributed by atoms with Crippen LogP contribution >= 0.6 is 47.9 Å². The molecule has 1 fully saturated rings. The van der Waals surface area contributed by atoms with Gasteiger partial charge < -0.3 is 15.0 Å². The van der Waals surface area contributed by atoms with E-state index in [9.17, 15) is 4.79 Å². The molecule has 0 spiro atoms. The van der Waals surface area contributed by atoms with Gasteiger partial charge in [-0.2, -0.15) is 0 Å². The molecule has 1 atom stereocenters. The largest absolute Gasteiger partial charge is 0.452 e. The molecule has 0 saturated carbocycles. The highest BCUT2D eigenvalue weighted by atomic mass is 35.5. The van der Waals surface area contributed by atoms with Gasteiger partial charge in [-0.15, -0.1) is 36.2 Å². The summed E-state index contributed by atoms with van der Waals surface area (Å²) in [6, 6.07) is 11.5. The summed E-state index contributed by atoms with van der Waals surface area (Å²) in [5.74, 6) is 2.32. The molecular formula is C27H30Cl2N6O2S2. The molecule has 5 heterocycles. The first-order chi connectivity index (χ1) is 18.0. The molecule has 1 amide bonds. The summed E-state index contributed by atoms with van der Waals surface area (Å²) in [7, 11) is 0. The first-order valence-electron chi connectivity index (χ1n) is 12.2. The Morgan fingerprint density at radius 2 is 1.92 bits per heavy atom. The molecule has 0 aliphatic carbocycles. The van der Waals surface area contributed by atoms with Crippen LogP contribution in [0.5, 0.6) is 11.5 Å². The van der Waals surface area contributed by atoms with Gasteiger partial charge in [-0.25, -0.2) is 15.0 Å². The zero-order valence-corrected chi connectivity index (χ0v) is 24.8. The fourth-order valence-electron chi connectivity index (χ4n) is 4.22. The lowest BCUT2D eigenvalue weighted by Gasteiger charge is -2.18. The van der Waals surface area contributed by atoms with Gasteiger partial charge in [0.05, 0.1) is 11.4 Å². The fraction of sp³-hybridized carbons (Fsp3) is 0.296. The molecule has 1 N–H and O–H groups in total. The van der Waals surface area contributed by atoms with Gasteiger partial charge in [0.15, 0.2) is 16.7 Å². The number of amides is 1. The molecule has 0 bridgehead atoms. The summed E-state index contributed by atoms with van der Waals surface area (Å²) < 4.78 is 6.28. The molecule has 8 nitrogen and oxygen atoms in total. The summed E-state index contributed by atoms with van der Waals surface area (Å²) in [5, 5.41) is 7.11. The molecule has 0 radical (unpaired) electrons. The van der Waals surface area contributed by atoms with E-state index in [0.29, 0.717) is 23.2 Å². The van der Waals surface area contributed by atoms with Crippen molar-refractivity contribution >= 4 is 64.8 Å². The van der Waals surface area contributed by atoms with Gasteiger partial charge in [0, 0.05) is 60.9 Å². The average molecular weight is 606 g/mol. The standard InChI is InChI=1S/C27H28N6O2S2.2ClH/c1-18-23(8-5-12-28-18)35-24-15-21(37-25-9-3-4-11-29-25)16-30-26(24)32-27-31-22(17-36-27)20-7-6-13-33(14-10-20)19(2)34;;/h3-5,8-9,11-12,15-17,20H,6-7,10,13-14H2,1-2H3,(H,30,31,32);2*1H. The van der Waals surface area contributed by atoms with Gasteiger partial charge in [-0.3, -0.25) is 9.78 Å². The van der Waals surface area contributed by atoms with Gasteiger partial charge in [-0.05, 0) is 50.5 Å². The third-order valence-corrected chi connectivity index (χ3v) is 7.89. The van der Waals surface area contributed by atoms with E-state index in [-0.39, 0.29) is 30.7 Å². The second-order valence-corrected chi connectivity index (χ2v) is 10.8. The van der Waals surface area contributed by atoms with Gasteiger partial charge in [0.25, 0.3) is 0 Å².